The maximum Gasteiger partial charge on any atom is 0.328 e. The van der Waals surface area contributed by atoms with Gasteiger partial charge >= 0.3 is 6.03 Å². The molecule has 0 unspecified atom stereocenters. The molecule has 3 aliphatic heterocycles. The average molecular weight is 607 g/mol. The minimum absolute atomic E-state index is 0.138. The van der Waals surface area contributed by atoms with Gasteiger partial charge in [0, 0.05) is 55.6 Å². The van der Waals surface area contributed by atoms with Crippen LogP contribution in [-0.4, -0.2) is 58.6 Å². The lowest BCUT2D eigenvalue weighted by molar-refractivity contribution is -0.384. The van der Waals surface area contributed by atoms with E-state index in [-0.39, 0.29) is 22.9 Å². The maximum absolute atomic E-state index is 13.3. The van der Waals surface area contributed by atoms with Crippen LogP contribution in [0.15, 0.2) is 72.4 Å². The Labute approximate surface area is 258 Å². The number of urea groups is 1. The van der Waals surface area contributed by atoms with Gasteiger partial charge in [-0.15, -0.1) is 0 Å². The molecule has 3 aromatic carbocycles. The minimum Gasteiger partial charge on any atom is -0.354 e. The summed E-state index contributed by atoms with van der Waals surface area (Å²) in [6.45, 7) is 1.41. The molecule has 3 aromatic rings. The second-order valence-electron chi connectivity index (χ2n) is 11.1. The second-order valence-corrected chi connectivity index (χ2v) is 11.1. The average Bonchev–Trinajstić information content (AvgIpc) is 3.49. The SMILES string of the molecule is CN1C(=O)N/C(=C\c2ccc(N/C(=C3\C(=O)Nc4ccc([N+](=O)[O-])cc43)c3ccc(CCN4CCCCC4=O)cc3)cc2)C1=O. The van der Waals surface area contributed by atoms with Crippen molar-refractivity contribution < 1.29 is 24.1 Å². The van der Waals surface area contributed by atoms with E-state index in [9.17, 15) is 29.3 Å². The molecule has 3 N–H and O–H groups in total. The predicted molar refractivity (Wildman–Crippen MR) is 168 cm³/mol. The van der Waals surface area contributed by atoms with E-state index < -0.39 is 22.8 Å². The van der Waals surface area contributed by atoms with Gasteiger partial charge < -0.3 is 20.9 Å². The number of carbonyl (C=O) groups excluding carboxylic acids is 4. The Kier molecular flexibility index (Phi) is 7.86. The fourth-order valence-electron chi connectivity index (χ4n) is 5.59. The lowest BCUT2D eigenvalue weighted by atomic mass is 9.98. The number of benzene rings is 3. The van der Waals surface area contributed by atoms with Crippen molar-refractivity contribution in [3.63, 3.8) is 0 Å². The smallest absolute Gasteiger partial charge is 0.328 e. The van der Waals surface area contributed by atoms with Crippen molar-refractivity contribution in [1.29, 1.82) is 0 Å². The van der Waals surface area contributed by atoms with Crippen LogP contribution in [0.25, 0.3) is 17.3 Å². The Bertz CT molecular complexity index is 1790. The molecule has 0 aromatic heterocycles. The first-order chi connectivity index (χ1) is 21.7. The largest absolute Gasteiger partial charge is 0.354 e. The Morgan fingerprint density at radius 3 is 2.40 bits per heavy atom. The summed E-state index contributed by atoms with van der Waals surface area (Å²) >= 11 is 0. The number of likely N-dealkylation sites (N-methyl/N-ethyl adjacent to an activating group) is 1. The number of likely N-dealkylation sites (tertiary alicyclic amines) is 1. The van der Waals surface area contributed by atoms with Crippen molar-refractivity contribution in [2.75, 3.05) is 30.8 Å². The van der Waals surface area contributed by atoms with Crippen molar-refractivity contribution in [2.45, 2.75) is 25.7 Å². The van der Waals surface area contributed by atoms with Crippen LogP contribution in [0.4, 0.5) is 21.9 Å². The standard InChI is InChI=1S/C33H30N6O6/c1-37-32(42)27(36-33(37)43)18-21-7-11-23(12-8-21)34-30(29-25-19-24(39(44)45)13-14-26(25)35-31(29)41)22-9-5-20(6-10-22)15-17-38-16-3-2-4-28(38)40/h5-14,18-19,34H,2-4,15-17H2,1H3,(H,35,41)(H,36,43)/b27-18-,30-29-. The number of piperidine rings is 1. The van der Waals surface area contributed by atoms with Crippen LogP contribution in [-0.2, 0) is 20.8 Å². The number of fused-ring (bicyclic) bond motifs is 1. The van der Waals surface area contributed by atoms with Gasteiger partial charge in [-0.05, 0) is 60.2 Å². The molecule has 6 rings (SSSR count). The predicted octanol–water partition coefficient (Wildman–Crippen LogP) is 4.60. The van der Waals surface area contributed by atoms with Gasteiger partial charge in [-0.25, -0.2) is 4.79 Å². The lowest BCUT2D eigenvalue weighted by Gasteiger charge is -2.26. The van der Waals surface area contributed by atoms with E-state index in [1.165, 1.54) is 25.2 Å². The summed E-state index contributed by atoms with van der Waals surface area (Å²) in [5, 5.41) is 20.2. The van der Waals surface area contributed by atoms with E-state index in [4.69, 9.17) is 0 Å². The van der Waals surface area contributed by atoms with Gasteiger partial charge in [-0.1, -0.05) is 36.4 Å². The molecule has 2 saturated heterocycles. The highest BCUT2D eigenvalue weighted by atomic mass is 16.6. The van der Waals surface area contributed by atoms with Gasteiger partial charge in [0.15, 0.2) is 0 Å². The molecule has 12 heteroatoms. The van der Waals surface area contributed by atoms with Crippen LogP contribution in [0.5, 0.6) is 0 Å². The number of hydrogen-bond acceptors (Lipinski definition) is 7. The Balaban J connectivity index is 1.32. The third-order valence-corrected chi connectivity index (χ3v) is 8.12. The van der Waals surface area contributed by atoms with E-state index in [0.29, 0.717) is 53.1 Å². The normalized spacial score (nSPS) is 18.2. The lowest BCUT2D eigenvalue weighted by Crippen LogP contribution is -2.36. The molecule has 5 amide bonds. The van der Waals surface area contributed by atoms with E-state index in [1.54, 1.807) is 30.3 Å². The zero-order chi connectivity index (χ0) is 31.7. The Morgan fingerprint density at radius 2 is 1.73 bits per heavy atom. The third kappa shape index (κ3) is 6.03. The van der Waals surface area contributed by atoms with Gasteiger partial charge in [0.2, 0.25) is 5.91 Å². The van der Waals surface area contributed by atoms with Crippen molar-refractivity contribution in [3.8, 4) is 0 Å². The first-order valence-electron chi connectivity index (χ1n) is 14.6. The van der Waals surface area contributed by atoms with Crippen molar-refractivity contribution in [1.82, 2.24) is 15.1 Å². The monoisotopic (exact) mass is 606 g/mol. The van der Waals surface area contributed by atoms with Crippen molar-refractivity contribution >= 4 is 58.2 Å². The molecule has 0 saturated carbocycles. The highest BCUT2D eigenvalue weighted by Gasteiger charge is 2.31. The van der Waals surface area contributed by atoms with Crippen LogP contribution in [0.2, 0.25) is 0 Å². The van der Waals surface area contributed by atoms with Crippen molar-refractivity contribution in [2.24, 2.45) is 0 Å². The molecule has 0 bridgehead atoms. The van der Waals surface area contributed by atoms with Crippen molar-refractivity contribution in [3.05, 3.63) is 105 Å². The number of rotatable bonds is 8. The quantitative estimate of drug-likeness (QED) is 0.147. The minimum atomic E-state index is -0.502. The summed E-state index contributed by atoms with van der Waals surface area (Å²) in [7, 11) is 1.40. The van der Waals surface area contributed by atoms with Crippen LogP contribution >= 0.6 is 0 Å². The first kappa shape index (κ1) is 29.3. The summed E-state index contributed by atoms with van der Waals surface area (Å²) in [5.74, 6) is -0.648. The second kappa shape index (κ2) is 12.1. The summed E-state index contributed by atoms with van der Waals surface area (Å²) in [6.07, 6.45) is 4.80. The number of nitro benzene ring substituents is 1. The van der Waals surface area contributed by atoms with Gasteiger partial charge in [0.1, 0.15) is 5.70 Å². The number of amides is 5. The van der Waals surface area contributed by atoms with Gasteiger partial charge in [0.25, 0.3) is 17.5 Å². The molecule has 12 nitrogen and oxygen atoms in total. The number of imide groups is 1. The molecule has 0 atom stereocenters. The van der Waals surface area contributed by atoms with Gasteiger partial charge in [-0.2, -0.15) is 0 Å². The van der Waals surface area contributed by atoms with E-state index in [2.05, 4.69) is 16.0 Å². The summed E-state index contributed by atoms with van der Waals surface area (Å²) < 4.78 is 0. The number of anilines is 2. The summed E-state index contributed by atoms with van der Waals surface area (Å²) in [4.78, 5) is 63.5. The molecule has 0 radical (unpaired) electrons. The number of non-ortho nitro benzene ring substituents is 1. The number of hydrogen-bond donors (Lipinski definition) is 3. The number of nitrogens with zero attached hydrogens (tertiary/aromatic N) is 3. The van der Waals surface area contributed by atoms with Crippen LogP contribution in [0.1, 0.15) is 41.5 Å². The van der Waals surface area contributed by atoms with Crippen LogP contribution in [0.3, 0.4) is 0 Å². The highest BCUT2D eigenvalue weighted by Crippen LogP contribution is 2.39. The molecule has 3 aliphatic rings. The zero-order valence-corrected chi connectivity index (χ0v) is 24.5. The summed E-state index contributed by atoms with van der Waals surface area (Å²) in [5.41, 5.74) is 4.63. The van der Waals surface area contributed by atoms with Crippen LogP contribution in [0, 0.1) is 10.1 Å². The molecule has 45 heavy (non-hydrogen) atoms. The zero-order valence-electron chi connectivity index (χ0n) is 24.5. The maximum atomic E-state index is 13.3. The fraction of sp³-hybridized carbons (Fsp3) is 0.212. The molecule has 0 aliphatic carbocycles. The number of nitro groups is 1. The Morgan fingerprint density at radius 1 is 0.978 bits per heavy atom. The van der Waals surface area contributed by atoms with Crippen LogP contribution < -0.4 is 16.0 Å². The number of nitrogens with one attached hydrogen (secondary N) is 3. The number of carbonyl (C=O) groups is 4. The van der Waals surface area contributed by atoms with E-state index >= 15 is 0 Å². The third-order valence-electron chi connectivity index (χ3n) is 8.12. The molecule has 3 heterocycles. The molecular weight excluding hydrogens is 576 g/mol. The first-order valence-corrected chi connectivity index (χ1v) is 14.6. The Hall–Kier alpha value is -5.78. The molecule has 0 spiro atoms. The topological polar surface area (TPSA) is 154 Å². The highest BCUT2D eigenvalue weighted by molar-refractivity contribution is 6.37. The van der Waals surface area contributed by atoms with Gasteiger partial charge in [-0.3, -0.25) is 29.4 Å². The molecule has 228 valence electrons. The van der Waals surface area contributed by atoms with Gasteiger partial charge in [0.05, 0.1) is 16.2 Å². The fourth-order valence-corrected chi connectivity index (χ4v) is 5.59. The molecular formula is C33H30N6O6. The molecule has 2 fully saturated rings. The van der Waals surface area contributed by atoms with E-state index in [0.717, 1.165) is 29.8 Å². The van der Waals surface area contributed by atoms with E-state index in [1.807, 2.05) is 29.2 Å². The summed E-state index contributed by atoms with van der Waals surface area (Å²) in [6, 6.07) is 18.5.